The molecule has 1 fully saturated rings. The molecule has 1 amide bonds. The van der Waals surface area contributed by atoms with E-state index in [0.29, 0.717) is 50.0 Å². The molecule has 0 spiro atoms. The molecule has 0 aliphatic carbocycles. The fraction of sp³-hybridized carbons (Fsp3) is 0.429. The Labute approximate surface area is 197 Å². The number of hydrogen-bond acceptors (Lipinski definition) is 8. The van der Waals surface area contributed by atoms with E-state index in [4.69, 9.17) is 0 Å². The Bertz CT molecular complexity index is 1080. The lowest BCUT2D eigenvalue weighted by Crippen LogP contribution is -2.49. The third-order valence-electron chi connectivity index (χ3n) is 5.45. The number of carbonyl (C=O) groups excluding carboxylic acids is 1. The van der Waals surface area contributed by atoms with Crippen LogP contribution in [0.3, 0.4) is 0 Å². The summed E-state index contributed by atoms with van der Waals surface area (Å²) in [5.41, 5.74) is 0.623. The molecule has 12 heteroatoms. The molecule has 2 heterocycles. The predicted molar refractivity (Wildman–Crippen MR) is 127 cm³/mol. The zero-order valence-corrected chi connectivity index (χ0v) is 20.2. The Morgan fingerprint density at radius 2 is 1.79 bits per heavy atom. The van der Waals surface area contributed by atoms with Gasteiger partial charge in [0.25, 0.3) is 5.69 Å². The van der Waals surface area contributed by atoms with Gasteiger partial charge in [-0.1, -0.05) is 37.7 Å². The Morgan fingerprint density at radius 1 is 1.12 bits per heavy atom. The van der Waals surface area contributed by atoms with E-state index in [-0.39, 0.29) is 22.2 Å². The zero-order chi connectivity index (χ0) is 24.0. The first-order valence-corrected chi connectivity index (χ1v) is 13.1. The highest BCUT2D eigenvalue weighted by atomic mass is 32.2. The van der Waals surface area contributed by atoms with Gasteiger partial charge in [-0.3, -0.25) is 14.9 Å². The molecule has 1 saturated heterocycles. The van der Waals surface area contributed by atoms with Crippen LogP contribution in [0.25, 0.3) is 0 Å². The lowest BCUT2D eigenvalue weighted by molar-refractivity contribution is -0.384. The van der Waals surface area contributed by atoms with E-state index in [1.807, 2.05) is 4.90 Å². The SMILES string of the molecule is CCN(CC)S(=O)(=O)c1ccc(SCC(=O)N2CCN(c3ccccc3[N+](=O)[O-])CC2)nc1. The number of nitro groups is 1. The molecule has 0 N–H and O–H groups in total. The van der Waals surface area contributed by atoms with Crippen molar-refractivity contribution in [1.82, 2.24) is 14.2 Å². The van der Waals surface area contributed by atoms with Crippen molar-refractivity contribution >= 4 is 39.1 Å². The van der Waals surface area contributed by atoms with E-state index in [9.17, 15) is 23.3 Å². The minimum absolute atomic E-state index is 0.0520. The molecule has 1 aliphatic rings. The van der Waals surface area contributed by atoms with Gasteiger partial charge in [-0.15, -0.1) is 0 Å². The summed E-state index contributed by atoms with van der Waals surface area (Å²) < 4.78 is 26.5. The fourth-order valence-corrected chi connectivity index (χ4v) is 5.78. The number of aromatic nitrogens is 1. The third kappa shape index (κ3) is 5.81. The monoisotopic (exact) mass is 493 g/mol. The molecular formula is C21H27N5O5S2. The molecule has 1 aliphatic heterocycles. The van der Waals surface area contributed by atoms with Crippen molar-refractivity contribution in [3.63, 3.8) is 0 Å². The van der Waals surface area contributed by atoms with Crippen molar-refractivity contribution < 1.29 is 18.1 Å². The highest BCUT2D eigenvalue weighted by molar-refractivity contribution is 7.99. The van der Waals surface area contributed by atoms with Gasteiger partial charge in [0, 0.05) is 51.5 Å². The Kier molecular flexibility index (Phi) is 8.27. The fourth-order valence-electron chi connectivity index (χ4n) is 3.63. The summed E-state index contributed by atoms with van der Waals surface area (Å²) in [5.74, 6) is 0.129. The number of benzene rings is 1. The van der Waals surface area contributed by atoms with Crippen molar-refractivity contribution in [3.8, 4) is 0 Å². The van der Waals surface area contributed by atoms with Crippen LogP contribution in [0.2, 0.25) is 0 Å². The van der Waals surface area contributed by atoms with Crippen LogP contribution in [0.1, 0.15) is 13.8 Å². The van der Waals surface area contributed by atoms with Crippen LogP contribution in [-0.2, 0) is 14.8 Å². The number of para-hydroxylation sites is 2. The largest absolute Gasteiger partial charge is 0.362 e. The standard InChI is InChI=1S/C21H27N5O5S2/c1-3-25(4-2)33(30,31)17-9-10-20(22-15-17)32-16-21(27)24-13-11-23(12-14-24)18-7-5-6-8-19(18)26(28)29/h5-10,15H,3-4,11-14,16H2,1-2H3. The number of pyridine rings is 1. The van der Waals surface area contributed by atoms with Gasteiger partial charge in [-0.25, -0.2) is 13.4 Å². The molecule has 3 rings (SSSR count). The summed E-state index contributed by atoms with van der Waals surface area (Å²) in [6, 6.07) is 9.73. The first kappa shape index (κ1) is 24.9. The van der Waals surface area contributed by atoms with E-state index in [2.05, 4.69) is 4.98 Å². The van der Waals surface area contributed by atoms with Crippen LogP contribution in [0.4, 0.5) is 11.4 Å². The van der Waals surface area contributed by atoms with Crippen LogP contribution in [0, 0.1) is 10.1 Å². The van der Waals surface area contributed by atoms with Gasteiger partial charge < -0.3 is 9.80 Å². The Morgan fingerprint density at radius 3 is 2.36 bits per heavy atom. The maximum Gasteiger partial charge on any atom is 0.292 e. The van der Waals surface area contributed by atoms with E-state index in [1.54, 1.807) is 43.0 Å². The molecule has 0 unspecified atom stereocenters. The van der Waals surface area contributed by atoms with Gasteiger partial charge in [0.15, 0.2) is 0 Å². The molecule has 0 radical (unpaired) electrons. The first-order valence-electron chi connectivity index (χ1n) is 10.6. The second kappa shape index (κ2) is 10.9. The first-order chi connectivity index (χ1) is 15.8. The quantitative estimate of drug-likeness (QED) is 0.297. The molecule has 2 aromatic rings. The zero-order valence-electron chi connectivity index (χ0n) is 18.6. The lowest BCUT2D eigenvalue weighted by atomic mass is 10.2. The smallest absolute Gasteiger partial charge is 0.292 e. The van der Waals surface area contributed by atoms with Crippen molar-refractivity contribution in [2.24, 2.45) is 0 Å². The van der Waals surface area contributed by atoms with Gasteiger partial charge in [0.05, 0.1) is 15.7 Å². The van der Waals surface area contributed by atoms with E-state index in [0.717, 1.165) is 0 Å². The van der Waals surface area contributed by atoms with Gasteiger partial charge >= 0.3 is 0 Å². The average Bonchev–Trinajstić information content (AvgIpc) is 2.83. The number of piperazine rings is 1. The van der Waals surface area contributed by atoms with Crippen molar-refractivity contribution in [1.29, 1.82) is 0 Å². The van der Waals surface area contributed by atoms with E-state index < -0.39 is 14.9 Å². The van der Waals surface area contributed by atoms with E-state index in [1.165, 1.54) is 34.4 Å². The highest BCUT2D eigenvalue weighted by Gasteiger charge is 2.26. The Balaban J connectivity index is 1.54. The molecule has 10 nitrogen and oxygen atoms in total. The van der Waals surface area contributed by atoms with Gasteiger partial charge in [-0.2, -0.15) is 4.31 Å². The number of carbonyl (C=O) groups is 1. The van der Waals surface area contributed by atoms with Crippen LogP contribution in [0.15, 0.2) is 52.5 Å². The molecule has 178 valence electrons. The summed E-state index contributed by atoms with van der Waals surface area (Å²) in [6.07, 6.45) is 1.33. The van der Waals surface area contributed by atoms with Crippen LogP contribution >= 0.6 is 11.8 Å². The summed E-state index contributed by atoms with van der Waals surface area (Å²) in [5, 5.41) is 11.8. The molecular weight excluding hydrogens is 466 g/mol. The van der Waals surface area contributed by atoms with Crippen molar-refractivity contribution in [2.45, 2.75) is 23.8 Å². The van der Waals surface area contributed by atoms with Crippen molar-refractivity contribution in [3.05, 3.63) is 52.7 Å². The number of anilines is 1. The second-order valence-electron chi connectivity index (χ2n) is 7.32. The van der Waals surface area contributed by atoms with Gasteiger partial charge in [0.2, 0.25) is 15.9 Å². The van der Waals surface area contributed by atoms with Gasteiger partial charge in [-0.05, 0) is 18.2 Å². The third-order valence-corrected chi connectivity index (χ3v) is 8.41. The van der Waals surface area contributed by atoms with Crippen molar-refractivity contribution in [2.75, 3.05) is 49.9 Å². The minimum Gasteiger partial charge on any atom is -0.362 e. The summed E-state index contributed by atoms with van der Waals surface area (Å²) in [6.45, 7) is 6.30. The topological polar surface area (TPSA) is 117 Å². The van der Waals surface area contributed by atoms with Crippen LogP contribution in [-0.4, -0.2) is 78.5 Å². The minimum atomic E-state index is -3.56. The molecule has 0 bridgehead atoms. The number of amides is 1. The molecule has 1 aromatic carbocycles. The van der Waals surface area contributed by atoms with Gasteiger partial charge in [0.1, 0.15) is 10.6 Å². The normalized spacial score (nSPS) is 14.5. The number of nitro benzene ring substituents is 1. The molecule has 33 heavy (non-hydrogen) atoms. The molecule has 0 atom stereocenters. The maximum absolute atomic E-state index is 12.6. The van der Waals surface area contributed by atoms with Crippen LogP contribution < -0.4 is 4.90 Å². The highest BCUT2D eigenvalue weighted by Crippen LogP contribution is 2.28. The average molecular weight is 494 g/mol. The molecule has 0 saturated carbocycles. The number of thioether (sulfide) groups is 1. The summed E-state index contributed by atoms with van der Waals surface area (Å²) in [4.78, 5) is 31.5. The summed E-state index contributed by atoms with van der Waals surface area (Å²) in [7, 11) is -3.56. The maximum atomic E-state index is 12.6. The predicted octanol–water partition coefficient (Wildman–Crippen LogP) is 2.46. The number of rotatable bonds is 9. The number of hydrogen-bond donors (Lipinski definition) is 0. The second-order valence-corrected chi connectivity index (χ2v) is 10.3. The Hall–Kier alpha value is -2.70. The van der Waals surface area contributed by atoms with E-state index >= 15 is 0 Å². The summed E-state index contributed by atoms with van der Waals surface area (Å²) >= 11 is 1.25. The number of sulfonamides is 1. The van der Waals surface area contributed by atoms with Crippen LogP contribution in [0.5, 0.6) is 0 Å². The lowest BCUT2D eigenvalue weighted by Gasteiger charge is -2.35. The molecule has 1 aromatic heterocycles. The number of nitrogens with zero attached hydrogens (tertiary/aromatic N) is 5.